The van der Waals surface area contributed by atoms with Crippen molar-refractivity contribution in [1.29, 1.82) is 0 Å². The van der Waals surface area contributed by atoms with Gasteiger partial charge in [0.1, 0.15) is 5.56 Å². The summed E-state index contributed by atoms with van der Waals surface area (Å²) in [5, 5.41) is 5.43. The molecule has 0 radical (unpaired) electrons. The first kappa shape index (κ1) is 26.2. The Balaban J connectivity index is 1.27. The van der Waals surface area contributed by atoms with E-state index in [1.807, 2.05) is 12.1 Å². The minimum Gasteiger partial charge on any atom is -0.348 e. The average Bonchev–Trinajstić information content (AvgIpc) is 3.56. The molecule has 12 heteroatoms. The second-order valence-corrected chi connectivity index (χ2v) is 9.01. The Hall–Kier alpha value is -5.39. The molecule has 0 spiro atoms. The number of nitrogens with zero attached hydrogens (tertiary/aromatic N) is 3. The maximum atomic E-state index is 13.6. The van der Waals surface area contributed by atoms with Gasteiger partial charge in [0.25, 0.3) is 17.4 Å². The Morgan fingerprint density at radius 1 is 1.10 bits per heavy atom. The normalized spacial score (nSPS) is 13.6. The van der Waals surface area contributed by atoms with Crippen molar-refractivity contribution in [2.75, 3.05) is 11.9 Å². The molecule has 2 aromatic carbocycles. The SMILES string of the molecule is Cn1cc(C(=O)NC/C=C/c2ccc3c(c2)NC(=O)/C3=C/c2cnc[nH]2)c(=O)n(Cc2ccc(F)c(F)c2)c1=O. The molecule has 0 bridgehead atoms. The first-order valence-corrected chi connectivity index (χ1v) is 12.1. The number of H-pyrrole nitrogens is 1. The minimum atomic E-state index is -1.11. The first-order chi connectivity index (χ1) is 19.2. The van der Waals surface area contributed by atoms with Crippen LogP contribution in [0.15, 0.2) is 70.8 Å². The number of imidazole rings is 1. The van der Waals surface area contributed by atoms with E-state index in [4.69, 9.17) is 0 Å². The molecule has 4 aromatic rings. The zero-order chi connectivity index (χ0) is 28.4. The van der Waals surface area contributed by atoms with Crippen LogP contribution in [0.4, 0.5) is 14.5 Å². The lowest BCUT2D eigenvalue weighted by Crippen LogP contribution is -2.43. The van der Waals surface area contributed by atoms with Gasteiger partial charge in [0.05, 0.1) is 30.3 Å². The predicted octanol–water partition coefficient (Wildman–Crippen LogP) is 2.53. The molecular formula is C28H22F2N6O4. The molecular weight excluding hydrogens is 522 g/mol. The maximum Gasteiger partial charge on any atom is 0.331 e. The monoisotopic (exact) mass is 544 g/mol. The van der Waals surface area contributed by atoms with Gasteiger partial charge in [-0.15, -0.1) is 0 Å². The number of halogens is 2. The summed E-state index contributed by atoms with van der Waals surface area (Å²) in [5.74, 6) is -3.11. The Morgan fingerprint density at radius 2 is 1.93 bits per heavy atom. The molecule has 0 unspecified atom stereocenters. The van der Waals surface area contributed by atoms with Crippen molar-refractivity contribution < 1.29 is 18.4 Å². The van der Waals surface area contributed by atoms with Gasteiger partial charge in [0, 0.05) is 31.0 Å². The van der Waals surface area contributed by atoms with E-state index in [0.29, 0.717) is 17.0 Å². The third kappa shape index (κ3) is 5.27. The van der Waals surface area contributed by atoms with Crippen molar-refractivity contribution in [3.05, 3.63) is 122 Å². The van der Waals surface area contributed by atoms with E-state index in [2.05, 4.69) is 20.6 Å². The van der Waals surface area contributed by atoms with Crippen LogP contribution in [0.1, 0.15) is 32.7 Å². The van der Waals surface area contributed by atoms with Gasteiger partial charge in [-0.2, -0.15) is 0 Å². The Morgan fingerprint density at radius 3 is 2.67 bits per heavy atom. The molecule has 2 amide bonds. The minimum absolute atomic E-state index is 0.0682. The smallest absolute Gasteiger partial charge is 0.331 e. The predicted molar refractivity (Wildman–Crippen MR) is 144 cm³/mol. The second-order valence-electron chi connectivity index (χ2n) is 9.01. The van der Waals surface area contributed by atoms with Gasteiger partial charge in [0.2, 0.25) is 0 Å². The summed E-state index contributed by atoms with van der Waals surface area (Å²) in [6, 6.07) is 8.47. The van der Waals surface area contributed by atoms with E-state index < -0.39 is 28.8 Å². The van der Waals surface area contributed by atoms with E-state index in [1.54, 1.807) is 30.5 Å². The van der Waals surface area contributed by atoms with Crippen LogP contribution in [0.5, 0.6) is 0 Å². The first-order valence-electron chi connectivity index (χ1n) is 12.1. The molecule has 1 aliphatic rings. The number of rotatable bonds is 7. The summed E-state index contributed by atoms with van der Waals surface area (Å²) in [6.07, 6.45) is 9.39. The van der Waals surface area contributed by atoms with Gasteiger partial charge in [0.15, 0.2) is 11.6 Å². The Labute approximate surface area is 225 Å². The number of carbonyl (C=O) groups excluding carboxylic acids is 2. The number of anilines is 1. The van der Waals surface area contributed by atoms with Crippen molar-refractivity contribution in [3.8, 4) is 0 Å². The van der Waals surface area contributed by atoms with Crippen molar-refractivity contribution in [3.63, 3.8) is 0 Å². The van der Waals surface area contributed by atoms with Gasteiger partial charge >= 0.3 is 5.69 Å². The highest BCUT2D eigenvalue weighted by Crippen LogP contribution is 2.33. The average molecular weight is 545 g/mol. The zero-order valence-electron chi connectivity index (χ0n) is 21.1. The molecule has 0 fully saturated rings. The highest BCUT2D eigenvalue weighted by Gasteiger charge is 2.24. The third-order valence-corrected chi connectivity index (χ3v) is 6.24. The van der Waals surface area contributed by atoms with Crippen LogP contribution in [0.25, 0.3) is 17.7 Å². The highest BCUT2D eigenvalue weighted by molar-refractivity contribution is 6.34. The van der Waals surface area contributed by atoms with E-state index in [1.165, 1.54) is 19.4 Å². The summed E-state index contributed by atoms with van der Waals surface area (Å²) < 4.78 is 28.7. The van der Waals surface area contributed by atoms with Crippen LogP contribution in [0, 0.1) is 11.6 Å². The van der Waals surface area contributed by atoms with Crippen LogP contribution in [-0.4, -0.2) is 37.5 Å². The molecule has 0 saturated heterocycles. The van der Waals surface area contributed by atoms with Gasteiger partial charge in [-0.25, -0.2) is 18.6 Å². The topological polar surface area (TPSA) is 131 Å². The molecule has 3 N–H and O–H groups in total. The molecule has 40 heavy (non-hydrogen) atoms. The molecule has 0 aliphatic carbocycles. The Bertz CT molecular complexity index is 1820. The lowest BCUT2D eigenvalue weighted by Gasteiger charge is -2.10. The van der Waals surface area contributed by atoms with Crippen LogP contribution in [0.3, 0.4) is 0 Å². The number of aromatic nitrogens is 4. The Kier molecular flexibility index (Phi) is 7.06. The highest BCUT2D eigenvalue weighted by atomic mass is 19.2. The standard InChI is InChI=1S/C28H22F2N6O4/c1-35-14-21(27(39)36(28(35)40)13-17-5-7-22(29)23(30)9-17)25(37)32-8-2-3-16-4-6-19-20(11-18-12-31-15-33-18)26(38)34-24(19)10-16/h2-7,9-12,14-15H,8,13H2,1H3,(H,31,33)(H,32,37)(H,34,38)/b3-2+,20-11+. The summed E-state index contributed by atoms with van der Waals surface area (Å²) >= 11 is 0. The largest absolute Gasteiger partial charge is 0.348 e. The van der Waals surface area contributed by atoms with E-state index in [9.17, 15) is 28.0 Å². The number of fused-ring (bicyclic) bond motifs is 1. The van der Waals surface area contributed by atoms with Crippen LogP contribution in [-0.2, 0) is 18.4 Å². The van der Waals surface area contributed by atoms with E-state index in [0.717, 1.165) is 38.6 Å². The molecule has 10 nitrogen and oxygen atoms in total. The van der Waals surface area contributed by atoms with Gasteiger partial charge in [-0.3, -0.25) is 19.0 Å². The number of aromatic amines is 1. The van der Waals surface area contributed by atoms with Crippen molar-refractivity contribution >= 4 is 35.2 Å². The van der Waals surface area contributed by atoms with Gasteiger partial charge in [-0.05, 0) is 35.4 Å². The number of amides is 2. The molecule has 1 aliphatic heterocycles. The summed E-state index contributed by atoms with van der Waals surface area (Å²) in [4.78, 5) is 57.5. The van der Waals surface area contributed by atoms with E-state index in [-0.39, 0.29) is 30.1 Å². The van der Waals surface area contributed by atoms with E-state index >= 15 is 0 Å². The van der Waals surface area contributed by atoms with Gasteiger partial charge in [-0.1, -0.05) is 30.4 Å². The number of benzene rings is 2. The van der Waals surface area contributed by atoms with Gasteiger partial charge < -0.3 is 20.2 Å². The van der Waals surface area contributed by atoms with Crippen LogP contribution >= 0.6 is 0 Å². The van der Waals surface area contributed by atoms with Crippen molar-refractivity contribution in [2.24, 2.45) is 7.05 Å². The van der Waals surface area contributed by atoms with Crippen molar-refractivity contribution in [2.45, 2.75) is 6.54 Å². The molecule has 5 rings (SSSR count). The lowest BCUT2D eigenvalue weighted by atomic mass is 10.0. The molecule has 0 atom stereocenters. The summed E-state index contributed by atoms with van der Waals surface area (Å²) in [7, 11) is 1.38. The summed E-state index contributed by atoms with van der Waals surface area (Å²) in [6.45, 7) is -0.268. The van der Waals surface area contributed by atoms with Crippen LogP contribution < -0.4 is 21.9 Å². The van der Waals surface area contributed by atoms with Crippen molar-refractivity contribution in [1.82, 2.24) is 24.4 Å². The summed E-state index contributed by atoms with van der Waals surface area (Å²) in [5.41, 5.74) is 1.71. The number of hydrogen-bond acceptors (Lipinski definition) is 5. The number of aryl methyl sites for hydroxylation is 1. The molecule has 0 saturated carbocycles. The zero-order valence-corrected chi connectivity index (χ0v) is 21.1. The number of nitrogens with one attached hydrogen (secondary N) is 3. The maximum absolute atomic E-state index is 13.6. The third-order valence-electron chi connectivity index (χ3n) is 6.24. The van der Waals surface area contributed by atoms with Crippen LogP contribution in [0.2, 0.25) is 0 Å². The quantitative estimate of drug-likeness (QED) is 0.308. The molecule has 202 valence electrons. The number of carbonyl (C=O) groups is 2. The number of hydrogen-bond donors (Lipinski definition) is 3. The molecule has 2 aromatic heterocycles. The molecule has 3 heterocycles. The fourth-order valence-corrected chi connectivity index (χ4v) is 4.24. The fourth-order valence-electron chi connectivity index (χ4n) is 4.24. The second kappa shape index (κ2) is 10.8. The fraction of sp³-hybridized carbons (Fsp3) is 0.107. The lowest BCUT2D eigenvalue weighted by molar-refractivity contribution is -0.110.